The van der Waals surface area contributed by atoms with Crippen LogP contribution in [0.3, 0.4) is 0 Å². The maximum atomic E-state index is 14.6. The van der Waals surface area contributed by atoms with E-state index in [0.29, 0.717) is 22.8 Å². The maximum absolute atomic E-state index is 14.6. The fraction of sp³-hybridized carbons (Fsp3) is 0.208. The van der Waals surface area contributed by atoms with Crippen LogP contribution in [0.5, 0.6) is 5.75 Å². The van der Waals surface area contributed by atoms with E-state index in [9.17, 15) is 22.0 Å². The van der Waals surface area contributed by atoms with Gasteiger partial charge in [0.15, 0.2) is 0 Å². The Kier molecular flexibility index (Phi) is 8.46. The van der Waals surface area contributed by atoms with E-state index >= 15 is 0 Å². The second-order valence-corrected chi connectivity index (χ2v) is 9.63. The molecule has 1 N–H and O–H groups in total. The molecule has 0 saturated heterocycles. The standard InChI is InChI=1S/C24H22ClF2NO5S/c25-18-7-10-20(11-8-18)34(31,32)28(22-16-19(26)9-12-21(22)27)14-13-17-4-1-2-5-23(17)33-15-3-6-24(29)30/h1-2,4-5,7-12,16H,3,6,13-15H2,(H,29,30). The van der Waals surface area contributed by atoms with Crippen molar-refractivity contribution in [2.75, 3.05) is 17.5 Å². The summed E-state index contributed by atoms with van der Waals surface area (Å²) in [5, 5.41) is 9.09. The Morgan fingerprint density at radius 2 is 1.74 bits per heavy atom. The Hall–Kier alpha value is -3.17. The fourth-order valence-corrected chi connectivity index (χ4v) is 4.85. The van der Waals surface area contributed by atoms with Crippen LogP contribution in [0.1, 0.15) is 18.4 Å². The monoisotopic (exact) mass is 509 g/mol. The number of anilines is 1. The molecule has 0 aromatic heterocycles. The molecule has 3 aromatic rings. The van der Waals surface area contributed by atoms with Crippen LogP contribution in [0.2, 0.25) is 5.02 Å². The zero-order chi connectivity index (χ0) is 24.7. The third-order valence-corrected chi connectivity index (χ3v) is 7.01. The van der Waals surface area contributed by atoms with Crippen LogP contribution in [-0.4, -0.2) is 32.6 Å². The number of aliphatic carboxylic acids is 1. The normalized spacial score (nSPS) is 11.3. The summed E-state index contributed by atoms with van der Waals surface area (Å²) in [5.74, 6) is -2.15. The van der Waals surface area contributed by atoms with E-state index in [0.717, 1.165) is 22.5 Å². The number of sulfonamides is 1. The molecule has 34 heavy (non-hydrogen) atoms. The Morgan fingerprint density at radius 1 is 1.03 bits per heavy atom. The Labute approximate surface area is 201 Å². The summed E-state index contributed by atoms with van der Waals surface area (Å²) in [5.41, 5.74) is 0.209. The van der Waals surface area contributed by atoms with E-state index in [4.69, 9.17) is 21.4 Å². The van der Waals surface area contributed by atoms with Gasteiger partial charge in [-0.1, -0.05) is 29.8 Å². The molecule has 0 amide bonds. The maximum Gasteiger partial charge on any atom is 0.303 e. The summed E-state index contributed by atoms with van der Waals surface area (Å²) < 4.78 is 61.9. The van der Waals surface area contributed by atoms with E-state index in [1.165, 1.54) is 24.3 Å². The van der Waals surface area contributed by atoms with Crippen LogP contribution in [-0.2, 0) is 21.2 Å². The second kappa shape index (κ2) is 11.3. The lowest BCUT2D eigenvalue weighted by molar-refractivity contribution is -0.137. The molecule has 0 bridgehead atoms. The highest BCUT2D eigenvalue weighted by Crippen LogP contribution is 2.29. The average Bonchev–Trinajstić information content (AvgIpc) is 2.80. The van der Waals surface area contributed by atoms with Gasteiger partial charge in [0.2, 0.25) is 0 Å². The number of hydrogen-bond donors (Lipinski definition) is 1. The highest BCUT2D eigenvalue weighted by molar-refractivity contribution is 7.92. The van der Waals surface area contributed by atoms with E-state index in [1.807, 2.05) is 0 Å². The number of para-hydroxylation sites is 1. The quantitative estimate of drug-likeness (QED) is 0.355. The zero-order valence-electron chi connectivity index (χ0n) is 18.0. The molecule has 0 aliphatic carbocycles. The molecule has 0 unspecified atom stereocenters. The van der Waals surface area contributed by atoms with E-state index < -0.39 is 33.3 Å². The molecule has 0 atom stereocenters. The number of halogens is 3. The highest BCUT2D eigenvalue weighted by atomic mass is 35.5. The van der Waals surface area contributed by atoms with Gasteiger partial charge in [0.1, 0.15) is 17.4 Å². The van der Waals surface area contributed by atoms with Crippen molar-refractivity contribution in [3.05, 3.63) is 89.0 Å². The van der Waals surface area contributed by atoms with Crippen LogP contribution < -0.4 is 9.04 Å². The molecule has 3 rings (SSSR count). The molecule has 0 aliphatic heterocycles. The third kappa shape index (κ3) is 6.45. The lowest BCUT2D eigenvalue weighted by Crippen LogP contribution is -2.34. The van der Waals surface area contributed by atoms with Gasteiger partial charge in [-0.3, -0.25) is 9.10 Å². The predicted molar refractivity (Wildman–Crippen MR) is 125 cm³/mol. The molecule has 0 aliphatic rings. The number of carbonyl (C=O) groups is 1. The van der Waals surface area contributed by atoms with Crippen molar-refractivity contribution in [2.24, 2.45) is 0 Å². The van der Waals surface area contributed by atoms with Crippen molar-refractivity contribution in [1.82, 2.24) is 0 Å². The molecule has 3 aromatic carbocycles. The lowest BCUT2D eigenvalue weighted by atomic mass is 10.1. The smallest absolute Gasteiger partial charge is 0.303 e. The highest BCUT2D eigenvalue weighted by Gasteiger charge is 2.28. The SMILES string of the molecule is O=C(O)CCCOc1ccccc1CCN(c1cc(F)ccc1F)S(=O)(=O)c1ccc(Cl)cc1. The van der Waals surface area contributed by atoms with Gasteiger partial charge in [0.25, 0.3) is 10.0 Å². The lowest BCUT2D eigenvalue weighted by Gasteiger charge is -2.25. The predicted octanol–water partition coefficient (Wildman–Crippen LogP) is 5.30. The van der Waals surface area contributed by atoms with E-state index in [2.05, 4.69) is 0 Å². The molecule has 0 fully saturated rings. The molecule has 0 spiro atoms. The molecule has 10 heteroatoms. The van der Waals surface area contributed by atoms with Crippen LogP contribution in [0, 0.1) is 11.6 Å². The molecular formula is C24H22ClF2NO5S. The van der Waals surface area contributed by atoms with Crippen molar-refractivity contribution in [3.8, 4) is 5.75 Å². The van der Waals surface area contributed by atoms with Crippen molar-refractivity contribution in [1.29, 1.82) is 0 Å². The summed E-state index contributed by atoms with van der Waals surface area (Å²) in [6, 6.07) is 14.9. The Balaban J connectivity index is 1.90. The first-order valence-corrected chi connectivity index (χ1v) is 12.2. The van der Waals surface area contributed by atoms with E-state index in [1.54, 1.807) is 24.3 Å². The fourth-order valence-electron chi connectivity index (χ4n) is 3.26. The van der Waals surface area contributed by atoms with Crippen molar-refractivity contribution >= 4 is 33.3 Å². The first-order chi connectivity index (χ1) is 16.2. The van der Waals surface area contributed by atoms with Crippen LogP contribution in [0.4, 0.5) is 14.5 Å². The second-order valence-electron chi connectivity index (χ2n) is 7.33. The van der Waals surface area contributed by atoms with Crippen LogP contribution in [0.15, 0.2) is 71.6 Å². The summed E-state index contributed by atoms with van der Waals surface area (Å²) in [6.45, 7) is -0.0462. The molecule has 0 heterocycles. The zero-order valence-corrected chi connectivity index (χ0v) is 19.5. The van der Waals surface area contributed by atoms with Gasteiger partial charge in [-0.2, -0.15) is 0 Å². The first kappa shape index (κ1) is 25.5. The number of carboxylic acids is 1. The number of hydrogen-bond acceptors (Lipinski definition) is 4. The van der Waals surface area contributed by atoms with Crippen LogP contribution in [0.25, 0.3) is 0 Å². The molecular weight excluding hydrogens is 488 g/mol. The summed E-state index contributed by atoms with van der Waals surface area (Å²) >= 11 is 5.87. The van der Waals surface area contributed by atoms with Crippen molar-refractivity contribution in [3.63, 3.8) is 0 Å². The molecule has 180 valence electrons. The minimum absolute atomic E-state index is 0.0475. The summed E-state index contributed by atoms with van der Waals surface area (Å²) in [4.78, 5) is 10.6. The topological polar surface area (TPSA) is 83.9 Å². The number of rotatable bonds is 11. The molecule has 0 saturated carbocycles. The van der Waals surface area contributed by atoms with Gasteiger partial charge in [0.05, 0.1) is 17.2 Å². The third-order valence-electron chi connectivity index (χ3n) is 4.93. The summed E-state index contributed by atoms with van der Waals surface area (Å²) in [7, 11) is -4.26. The Morgan fingerprint density at radius 3 is 2.44 bits per heavy atom. The minimum Gasteiger partial charge on any atom is -0.493 e. The molecule has 6 nitrogen and oxygen atoms in total. The number of ether oxygens (including phenoxy) is 1. The van der Waals surface area contributed by atoms with Gasteiger partial charge in [-0.05, 0) is 60.9 Å². The Bertz CT molecular complexity index is 1250. The average molecular weight is 510 g/mol. The number of benzene rings is 3. The van der Waals surface area contributed by atoms with Gasteiger partial charge >= 0.3 is 5.97 Å². The number of nitrogens with zero attached hydrogens (tertiary/aromatic N) is 1. The van der Waals surface area contributed by atoms with Crippen LogP contribution >= 0.6 is 11.6 Å². The first-order valence-electron chi connectivity index (χ1n) is 10.3. The molecule has 0 radical (unpaired) electrons. The van der Waals surface area contributed by atoms with Gasteiger partial charge in [-0.15, -0.1) is 0 Å². The van der Waals surface area contributed by atoms with Gasteiger partial charge < -0.3 is 9.84 Å². The van der Waals surface area contributed by atoms with E-state index in [-0.39, 0.29) is 30.9 Å². The van der Waals surface area contributed by atoms with Crippen molar-refractivity contribution in [2.45, 2.75) is 24.2 Å². The van der Waals surface area contributed by atoms with Crippen molar-refractivity contribution < 1.29 is 31.8 Å². The summed E-state index contributed by atoms with van der Waals surface area (Å²) in [6.07, 6.45) is 0.376. The largest absolute Gasteiger partial charge is 0.493 e. The minimum atomic E-state index is -4.26. The number of carboxylic acid groups (broad SMARTS) is 1. The van der Waals surface area contributed by atoms with Gasteiger partial charge in [0, 0.05) is 24.1 Å². The van der Waals surface area contributed by atoms with Gasteiger partial charge in [-0.25, -0.2) is 17.2 Å².